The van der Waals surface area contributed by atoms with Crippen molar-refractivity contribution in [3.05, 3.63) is 46.6 Å². The molecule has 0 saturated heterocycles. The van der Waals surface area contributed by atoms with Crippen molar-refractivity contribution >= 4 is 40.4 Å². The maximum atomic E-state index is 12.8. The van der Waals surface area contributed by atoms with Crippen LogP contribution >= 0.6 is 23.4 Å². The standard InChI is InChI=1S/C18H12ClF3N4O2S/c19-12-7-11(18(20,21)22)9-24-16(12)29-17-25-13-6-10(8-23)3-4-14(13)26(17)5-1-2-15(27)28/h3-4,6-7,9H,1-2,5H2,(H,27,28). The average Bonchev–Trinajstić information content (AvgIpc) is 2.98. The van der Waals surface area contributed by atoms with Gasteiger partial charge in [-0.15, -0.1) is 0 Å². The Hall–Kier alpha value is -2.77. The predicted octanol–water partition coefficient (Wildman–Crippen LogP) is 4.99. The largest absolute Gasteiger partial charge is 0.481 e. The maximum Gasteiger partial charge on any atom is 0.417 e. The number of halogens is 4. The van der Waals surface area contributed by atoms with Crippen molar-refractivity contribution in [3.8, 4) is 6.07 Å². The van der Waals surface area contributed by atoms with Crippen LogP contribution in [0.3, 0.4) is 0 Å². The quantitative estimate of drug-likeness (QED) is 0.580. The number of benzene rings is 1. The number of aliphatic carboxylic acids is 1. The molecule has 0 spiro atoms. The lowest BCUT2D eigenvalue weighted by Gasteiger charge is -2.10. The van der Waals surface area contributed by atoms with Gasteiger partial charge in [-0.25, -0.2) is 9.97 Å². The number of aryl methyl sites for hydroxylation is 1. The van der Waals surface area contributed by atoms with Gasteiger partial charge in [0.2, 0.25) is 0 Å². The smallest absolute Gasteiger partial charge is 0.417 e. The number of aromatic nitrogens is 3. The molecule has 0 aliphatic heterocycles. The molecular weight excluding hydrogens is 429 g/mol. The summed E-state index contributed by atoms with van der Waals surface area (Å²) in [7, 11) is 0. The number of fused-ring (bicyclic) bond motifs is 1. The van der Waals surface area contributed by atoms with Gasteiger partial charge in [-0.2, -0.15) is 18.4 Å². The Morgan fingerprint density at radius 2 is 2.10 bits per heavy atom. The van der Waals surface area contributed by atoms with E-state index in [1.807, 2.05) is 6.07 Å². The Bertz CT molecular complexity index is 1120. The minimum Gasteiger partial charge on any atom is -0.481 e. The number of pyridine rings is 1. The second-order valence-electron chi connectivity index (χ2n) is 5.97. The molecular formula is C18H12ClF3N4O2S. The molecule has 2 aromatic heterocycles. The van der Waals surface area contributed by atoms with Gasteiger partial charge in [0.25, 0.3) is 0 Å². The number of hydrogen-bond donors (Lipinski definition) is 1. The van der Waals surface area contributed by atoms with E-state index in [9.17, 15) is 18.0 Å². The molecule has 0 aliphatic rings. The summed E-state index contributed by atoms with van der Waals surface area (Å²) in [5, 5.41) is 18.3. The van der Waals surface area contributed by atoms with E-state index < -0.39 is 17.7 Å². The van der Waals surface area contributed by atoms with Crippen LogP contribution in [0.4, 0.5) is 13.2 Å². The molecule has 1 aromatic carbocycles. The van der Waals surface area contributed by atoms with Crippen molar-refractivity contribution in [3.63, 3.8) is 0 Å². The van der Waals surface area contributed by atoms with Crippen LogP contribution < -0.4 is 0 Å². The van der Waals surface area contributed by atoms with E-state index in [0.29, 0.717) is 40.9 Å². The number of nitrogens with zero attached hydrogens (tertiary/aromatic N) is 4. The van der Waals surface area contributed by atoms with Crippen molar-refractivity contribution in [2.75, 3.05) is 0 Å². The van der Waals surface area contributed by atoms with Crippen molar-refractivity contribution in [1.82, 2.24) is 14.5 Å². The van der Waals surface area contributed by atoms with Gasteiger partial charge in [-0.3, -0.25) is 4.79 Å². The third-order valence-electron chi connectivity index (χ3n) is 3.94. The molecule has 3 aromatic rings. The Balaban J connectivity index is 1.99. The summed E-state index contributed by atoms with van der Waals surface area (Å²) in [6, 6.07) is 7.68. The zero-order valence-electron chi connectivity index (χ0n) is 14.6. The molecule has 29 heavy (non-hydrogen) atoms. The van der Waals surface area contributed by atoms with E-state index in [2.05, 4.69) is 9.97 Å². The first kappa shape index (κ1) is 21.0. The number of alkyl halides is 3. The molecule has 0 radical (unpaired) electrons. The van der Waals surface area contributed by atoms with Crippen molar-refractivity contribution in [2.24, 2.45) is 0 Å². The van der Waals surface area contributed by atoms with Crippen LogP contribution in [0.1, 0.15) is 24.0 Å². The topological polar surface area (TPSA) is 91.8 Å². The lowest BCUT2D eigenvalue weighted by molar-refractivity contribution is -0.138. The molecule has 0 saturated carbocycles. The fraction of sp³-hybridized carbons (Fsp3) is 0.222. The van der Waals surface area contributed by atoms with Gasteiger partial charge in [0, 0.05) is 19.2 Å². The number of nitriles is 1. The molecule has 2 heterocycles. The first-order chi connectivity index (χ1) is 13.7. The molecule has 0 aliphatic carbocycles. The third kappa shape index (κ3) is 4.81. The van der Waals surface area contributed by atoms with Gasteiger partial charge in [-0.1, -0.05) is 11.6 Å². The minimum atomic E-state index is -4.56. The first-order valence-electron chi connectivity index (χ1n) is 8.22. The fourth-order valence-corrected chi connectivity index (χ4v) is 3.76. The fourth-order valence-electron chi connectivity index (χ4n) is 2.60. The lowest BCUT2D eigenvalue weighted by Crippen LogP contribution is -2.06. The molecule has 150 valence electrons. The Morgan fingerprint density at radius 1 is 1.34 bits per heavy atom. The summed E-state index contributed by atoms with van der Waals surface area (Å²) >= 11 is 6.96. The Morgan fingerprint density at radius 3 is 2.72 bits per heavy atom. The van der Waals surface area contributed by atoms with E-state index in [-0.39, 0.29) is 16.5 Å². The molecule has 0 fully saturated rings. The van der Waals surface area contributed by atoms with Crippen LogP contribution in [-0.2, 0) is 17.5 Å². The van der Waals surface area contributed by atoms with Crippen LogP contribution in [0.15, 0.2) is 40.6 Å². The highest BCUT2D eigenvalue weighted by atomic mass is 35.5. The second kappa shape index (κ2) is 8.31. The highest BCUT2D eigenvalue weighted by molar-refractivity contribution is 7.99. The normalized spacial score (nSPS) is 11.6. The minimum absolute atomic E-state index is 0.0562. The lowest BCUT2D eigenvalue weighted by atomic mass is 10.2. The zero-order chi connectivity index (χ0) is 21.2. The number of carboxylic acid groups (broad SMARTS) is 1. The van der Waals surface area contributed by atoms with E-state index in [1.54, 1.807) is 22.8 Å². The average molecular weight is 441 g/mol. The molecule has 0 amide bonds. The first-order valence-corrected chi connectivity index (χ1v) is 9.41. The Kier molecular flexibility index (Phi) is 6.00. The van der Waals surface area contributed by atoms with Gasteiger partial charge in [0.05, 0.1) is 33.3 Å². The highest BCUT2D eigenvalue weighted by Crippen LogP contribution is 2.37. The second-order valence-corrected chi connectivity index (χ2v) is 7.33. The van der Waals surface area contributed by atoms with Gasteiger partial charge >= 0.3 is 12.1 Å². The van der Waals surface area contributed by atoms with Crippen LogP contribution in [0.2, 0.25) is 5.02 Å². The highest BCUT2D eigenvalue weighted by Gasteiger charge is 2.31. The summed E-state index contributed by atoms with van der Waals surface area (Å²) in [4.78, 5) is 19.1. The number of hydrogen-bond acceptors (Lipinski definition) is 5. The summed E-state index contributed by atoms with van der Waals surface area (Å²) in [5.74, 6) is -0.942. The molecule has 1 N–H and O–H groups in total. The molecule has 0 atom stereocenters. The predicted molar refractivity (Wildman–Crippen MR) is 99.7 cm³/mol. The van der Waals surface area contributed by atoms with E-state index >= 15 is 0 Å². The van der Waals surface area contributed by atoms with Crippen molar-refractivity contribution in [1.29, 1.82) is 5.26 Å². The van der Waals surface area contributed by atoms with Crippen molar-refractivity contribution < 1.29 is 23.1 Å². The van der Waals surface area contributed by atoms with E-state index in [4.69, 9.17) is 22.0 Å². The van der Waals surface area contributed by atoms with Crippen LogP contribution in [0.5, 0.6) is 0 Å². The molecule has 0 unspecified atom stereocenters. The van der Waals surface area contributed by atoms with Crippen molar-refractivity contribution in [2.45, 2.75) is 35.7 Å². The molecule has 11 heteroatoms. The number of imidazole rings is 1. The SMILES string of the molecule is N#Cc1ccc2c(c1)nc(Sc1ncc(C(F)(F)F)cc1Cl)n2CCCC(=O)O. The summed E-state index contributed by atoms with van der Waals surface area (Å²) in [5.41, 5.74) is 0.611. The van der Waals surface area contributed by atoms with E-state index in [1.165, 1.54) is 0 Å². The summed E-state index contributed by atoms with van der Waals surface area (Å²) in [6.07, 6.45) is -3.60. The molecule has 0 bridgehead atoms. The third-order valence-corrected chi connectivity index (χ3v) is 5.35. The molecule has 3 rings (SSSR count). The number of carbonyl (C=O) groups is 1. The maximum absolute atomic E-state index is 12.8. The number of carboxylic acids is 1. The van der Waals surface area contributed by atoms with Gasteiger partial charge < -0.3 is 9.67 Å². The monoisotopic (exact) mass is 440 g/mol. The Labute approximate surface area is 171 Å². The number of rotatable bonds is 6. The van der Waals surface area contributed by atoms with E-state index in [0.717, 1.165) is 17.8 Å². The van der Waals surface area contributed by atoms with Gasteiger partial charge in [0.1, 0.15) is 5.03 Å². The summed E-state index contributed by atoms with van der Waals surface area (Å²) < 4.78 is 40.2. The van der Waals surface area contributed by atoms with Gasteiger partial charge in [-0.05, 0) is 42.4 Å². The van der Waals surface area contributed by atoms with Crippen LogP contribution in [0, 0.1) is 11.3 Å². The van der Waals surface area contributed by atoms with Crippen LogP contribution in [0.25, 0.3) is 11.0 Å². The van der Waals surface area contributed by atoms with Crippen LogP contribution in [-0.4, -0.2) is 25.6 Å². The van der Waals surface area contributed by atoms with Gasteiger partial charge in [0.15, 0.2) is 5.16 Å². The molecule has 6 nitrogen and oxygen atoms in total. The zero-order valence-corrected chi connectivity index (χ0v) is 16.1. The summed E-state index contributed by atoms with van der Waals surface area (Å²) in [6.45, 7) is 0.315.